The van der Waals surface area contributed by atoms with Crippen molar-refractivity contribution in [3.05, 3.63) is 88.9 Å². The van der Waals surface area contributed by atoms with Crippen molar-refractivity contribution in [2.24, 2.45) is 0 Å². The first-order chi connectivity index (χ1) is 18.0. The molecule has 0 bridgehead atoms. The Kier molecular flexibility index (Phi) is 7.04. The van der Waals surface area contributed by atoms with Crippen molar-refractivity contribution >= 4 is 17.4 Å². The number of fused-ring (bicyclic) bond motifs is 1. The lowest BCUT2D eigenvalue weighted by Gasteiger charge is -2.24. The number of hydrogen-bond acceptors (Lipinski definition) is 6. The van der Waals surface area contributed by atoms with Crippen LogP contribution in [0.4, 0.5) is 0 Å². The van der Waals surface area contributed by atoms with Gasteiger partial charge < -0.3 is 23.9 Å². The summed E-state index contributed by atoms with van der Waals surface area (Å²) in [5.41, 5.74) is 2.20. The van der Waals surface area contributed by atoms with E-state index >= 15 is 0 Å². The molecule has 0 radical (unpaired) electrons. The summed E-state index contributed by atoms with van der Waals surface area (Å²) in [5.74, 6) is 0.433. The molecule has 2 aliphatic heterocycles. The number of furan rings is 1. The predicted octanol–water partition coefficient (Wildman–Crippen LogP) is 5.79. The van der Waals surface area contributed by atoms with Gasteiger partial charge >= 0.3 is 0 Å². The highest BCUT2D eigenvalue weighted by Gasteiger charge is 2.46. The third kappa shape index (κ3) is 4.99. The lowest BCUT2D eigenvalue weighted by Crippen LogP contribution is -2.29. The molecule has 192 valence electrons. The fraction of sp³-hybridized carbons (Fsp3) is 0.333. The van der Waals surface area contributed by atoms with Crippen molar-refractivity contribution in [3.8, 4) is 11.5 Å². The van der Waals surface area contributed by atoms with Crippen molar-refractivity contribution in [3.63, 3.8) is 0 Å². The second-order valence-corrected chi connectivity index (χ2v) is 9.59. The fourth-order valence-corrected chi connectivity index (χ4v) is 4.97. The zero-order valence-electron chi connectivity index (χ0n) is 21.1. The molecule has 5 rings (SSSR count). The first-order valence-electron chi connectivity index (χ1n) is 12.8. The summed E-state index contributed by atoms with van der Waals surface area (Å²) >= 11 is 0. The van der Waals surface area contributed by atoms with Gasteiger partial charge in [0.2, 0.25) is 0 Å². The van der Waals surface area contributed by atoms with E-state index in [1.165, 1.54) is 11.2 Å². The predicted molar refractivity (Wildman–Crippen MR) is 138 cm³/mol. The van der Waals surface area contributed by atoms with Crippen LogP contribution in [0.2, 0.25) is 0 Å². The number of carbonyl (C=O) groups is 2. The first-order valence-corrected chi connectivity index (χ1v) is 12.8. The molecule has 0 spiro atoms. The molecule has 0 saturated carbocycles. The molecule has 7 nitrogen and oxygen atoms in total. The highest BCUT2D eigenvalue weighted by Crippen LogP contribution is 2.41. The molecule has 1 aromatic heterocycles. The van der Waals surface area contributed by atoms with E-state index in [1.807, 2.05) is 37.3 Å². The Morgan fingerprint density at radius 2 is 1.92 bits per heavy atom. The van der Waals surface area contributed by atoms with Crippen LogP contribution in [-0.2, 0) is 22.6 Å². The van der Waals surface area contributed by atoms with Gasteiger partial charge in [-0.15, -0.1) is 0 Å². The maximum atomic E-state index is 13.3. The second-order valence-electron chi connectivity index (χ2n) is 9.59. The van der Waals surface area contributed by atoms with Crippen LogP contribution in [-0.4, -0.2) is 34.4 Å². The molecule has 2 aromatic carbocycles. The van der Waals surface area contributed by atoms with Gasteiger partial charge in [0.1, 0.15) is 29.1 Å². The van der Waals surface area contributed by atoms with Gasteiger partial charge in [-0.25, -0.2) is 0 Å². The minimum Gasteiger partial charge on any atom is -0.507 e. The van der Waals surface area contributed by atoms with Gasteiger partial charge in [0.15, 0.2) is 0 Å². The topological polar surface area (TPSA) is 89.2 Å². The van der Waals surface area contributed by atoms with E-state index in [2.05, 4.69) is 6.92 Å². The van der Waals surface area contributed by atoms with Gasteiger partial charge in [-0.1, -0.05) is 31.9 Å². The van der Waals surface area contributed by atoms with E-state index in [9.17, 15) is 14.7 Å². The Balaban J connectivity index is 1.52. The number of ether oxygens (including phenoxy) is 2. The molecule has 0 aliphatic carbocycles. The van der Waals surface area contributed by atoms with E-state index in [-0.39, 0.29) is 24.0 Å². The molecular formula is C30H31NO6. The largest absolute Gasteiger partial charge is 0.507 e. The number of likely N-dealkylation sites (tertiary alicyclic amines) is 1. The van der Waals surface area contributed by atoms with Crippen LogP contribution in [0.5, 0.6) is 11.5 Å². The zero-order chi connectivity index (χ0) is 25.9. The molecular weight excluding hydrogens is 470 g/mol. The number of hydrogen-bond donors (Lipinski definition) is 1. The van der Waals surface area contributed by atoms with Crippen LogP contribution in [0.3, 0.4) is 0 Å². The molecule has 3 heterocycles. The molecule has 1 N–H and O–H groups in total. The number of aliphatic hydroxyl groups is 1. The minimum absolute atomic E-state index is 0.0500. The Hall–Kier alpha value is -4.00. The van der Waals surface area contributed by atoms with Gasteiger partial charge in [0.05, 0.1) is 31.0 Å². The lowest BCUT2D eigenvalue weighted by molar-refractivity contribution is -0.140. The summed E-state index contributed by atoms with van der Waals surface area (Å²) < 4.78 is 17.1. The van der Waals surface area contributed by atoms with Crippen LogP contribution in [0.15, 0.2) is 70.9 Å². The number of amides is 1. The molecule has 2 aliphatic rings. The maximum Gasteiger partial charge on any atom is 0.296 e. The zero-order valence-corrected chi connectivity index (χ0v) is 21.1. The standard InChI is InChI=1S/C30H31NO6/c1-3-4-5-14-35-23-11-8-20(9-12-23)27-26(29(33)30(34)31(27)18-24-7-6-15-36-24)28(32)21-10-13-25-22(17-21)16-19(2)37-25/h6-13,15,17,19,27,32H,3-5,14,16,18H2,1-2H3/b28-26-. The third-order valence-corrected chi connectivity index (χ3v) is 6.83. The third-order valence-electron chi connectivity index (χ3n) is 6.83. The summed E-state index contributed by atoms with van der Waals surface area (Å²) in [6.07, 6.45) is 5.49. The van der Waals surface area contributed by atoms with Crippen molar-refractivity contribution in [2.75, 3.05) is 6.61 Å². The molecule has 1 fully saturated rings. The average Bonchev–Trinajstić information content (AvgIpc) is 3.61. The molecule has 1 amide bonds. The van der Waals surface area contributed by atoms with Gasteiger partial charge in [-0.2, -0.15) is 0 Å². The first kappa shape index (κ1) is 24.7. The number of Topliss-reactive ketones (excluding diaryl/α,β-unsaturated/α-hetero) is 1. The van der Waals surface area contributed by atoms with E-state index in [1.54, 1.807) is 24.3 Å². The van der Waals surface area contributed by atoms with Crippen molar-refractivity contribution in [2.45, 2.75) is 58.2 Å². The highest BCUT2D eigenvalue weighted by atomic mass is 16.5. The molecule has 1 saturated heterocycles. The van der Waals surface area contributed by atoms with Crippen LogP contribution < -0.4 is 9.47 Å². The Morgan fingerprint density at radius 3 is 2.65 bits per heavy atom. The summed E-state index contributed by atoms with van der Waals surface area (Å²) in [5, 5.41) is 11.4. The molecule has 7 heteroatoms. The fourth-order valence-electron chi connectivity index (χ4n) is 4.97. The summed E-state index contributed by atoms with van der Waals surface area (Å²) in [6.45, 7) is 4.86. The van der Waals surface area contributed by atoms with E-state index < -0.39 is 17.7 Å². The average molecular weight is 502 g/mol. The van der Waals surface area contributed by atoms with Crippen molar-refractivity contribution < 1.29 is 28.6 Å². The number of nitrogens with zero attached hydrogens (tertiary/aromatic N) is 1. The SMILES string of the molecule is CCCCCOc1ccc(C2/C(=C(/O)c3ccc4c(c3)CC(C)O4)C(=O)C(=O)N2Cc2ccco2)cc1. The smallest absolute Gasteiger partial charge is 0.296 e. The number of benzene rings is 2. The van der Waals surface area contributed by atoms with Gasteiger partial charge in [-0.05, 0) is 66.9 Å². The van der Waals surface area contributed by atoms with Gasteiger partial charge in [0.25, 0.3) is 11.7 Å². The van der Waals surface area contributed by atoms with Crippen LogP contribution in [0, 0.1) is 0 Å². The summed E-state index contributed by atoms with van der Waals surface area (Å²) in [7, 11) is 0. The van der Waals surface area contributed by atoms with Gasteiger partial charge in [0, 0.05) is 12.0 Å². The molecule has 3 aromatic rings. The van der Waals surface area contributed by atoms with E-state index in [4.69, 9.17) is 13.9 Å². The summed E-state index contributed by atoms with van der Waals surface area (Å²) in [4.78, 5) is 28.0. The Bertz CT molecular complexity index is 1310. The van der Waals surface area contributed by atoms with Crippen LogP contribution >= 0.6 is 0 Å². The van der Waals surface area contributed by atoms with Crippen molar-refractivity contribution in [1.29, 1.82) is 0 Å². The van der Waals surface area contributed by atoms with Crippen LogP contribution in [0.25, 0.3) is 5.76 Å². The number of aliphatic hydroxyl groups excluding tert-OH is 1. The van der Waals surface area contributed by atoms with Crippen LogP contribution in [0.1, 0.15) is 61.6 Å². The quantitative estimate of drug-likeness (QED) is 0.173. The molecule has 2 atom stereocenters. The number of rotatable bonds is 9. The Morgan fingerprint density at radius 1 is 1.11 bits per heavy atom. The molecule has 37 heavy (non-hydrogen) atoms. The highest BCUT2D eigenvalue weighted by molar-refractivity contribution is 6.46. The van der Waals surface area contributed by atoms with Gasteiger partial charge in [-0.3, -0.25) is 9.59 Å². The normalized spacial score (nSPS) is 20.2. The lowest BCUT2D eigenvalue weighted by atomic mass is 9.94. The monoisotopic (exact) mass is 501 g/mol. The number of unbranched alkanes of at least 4 members (excludes halogenated alkanes) is 2. The molecule has 2 unspecified atom stereocenters. The summed E-state index contributed by atoms with van der Waals surface area (Å²) in [6, 6.07) is 15.4. The maximum absolute atomic E-state index is 13.3. The van der Waals surface area contributed by atoms with Crippen molar-refractivity contribution in [1.82, 2.24) is 4.90 Å². The number of ketones is 1. The van der Waals surface area contributed by atoms with E-state index in [0.717, 1.165) is 36.3 Å². The second kappa shape index (κ2) is 10.5. The minimum atomic E-state index is -0.775. The Labute approximate surface area is 216 Å². The number of carbonyl (C=O) groups excluding carboxylic acids is 2. The van der Waals surface area contributed by atoms with E-state index in [0.29, 0.717) is 29.9 Å².